The molecule has 1 fully saturated rings. The van der Waals surface area contributed by atoms with E-state index >= 15 is 0 Å². The molecule has 0 aliphatic carbocycles. The second-order valence-corrected chi connectivity index (χ2v) is 3.82. The van der Waals surface area contributed by atoms with E-state index in [-0.39, 0.29) is 0 Å². The summed E-state index contributed by atoms with van der Waals surface area (Å²) in [7, 11) is 2.31. The van der Waals surface area contributed by atoms with E-state index in [1.807, 2.05) is 0 Å². The monoisotopic (exact) mass is 187 g/mol. The van der Waals surface area contributed by atoms with Gasteiger partial charge in [0.25, 0.3) is 0 Å². The summed E-state index contributed by atoms with van der Waals surface area (Å²) in [5.74, 6) is -0.0567. The Morgan fingerprint density at radius 1 is 1.62 bits per heavy atom. The van der Waals surface area contributed by atoms with Gasteiger partial charge in [0.1, 0.15) is 0 Å². The van der Waals surface area contributed by atoms with Gasteiger partial charge < -0.3 is 14.8 Å². The van der Waals surface area contributed by atoms with Gasteiger partial charge in [-0.3, -0.25) is 0 Å². The van der Waals surface area contributed by atoms with Gasteiger partial charge >= 0.3 is 0 Å². The highest BCUT2D eigenvalue weighted by Crippen LogP contribution is 2.09. The number of carboxylic acids is 1. The van der Waals surface area contributed by atoms with Crippen molar-refractivity contribution in [3.05, 3.63) is 0 Å². The van der Waals surface area contributed by atoms with Gasteiger partial charge in [-0.15, -0.1) is 0 Å². The van der Waals surface area contributed by atoms with Crippen LogP contribution >= 0.6 is 0 Å². The van der Waals surface area contributed by atoms with Gasteiger partial charge in [0, 0.05) is 11.9 Å². The summed E-state index contributed by atoms with van der Waals surface area (Å²) in [4.78, 5) is 10.6. The Balaban J connectivity index is 0.000000310. The maximum absolute atomic E-state index is 8.89. The fourth-order valence-corrected chi connectivity index (χ4v) is 1.74. The molecule has 2 unspecified atom stereocenters. The average Bonchev–Trinajstić information content (AvgIpc) is 2.03. The number of quaternary nitrogens is 1. The van der Waals surface area contributed by atoms with Crippen molar-refractivity contribution in [2.24, 2.45) is 5.92 Å². The Kier molecular flexibility index (Phi) is 6.59. The molecule has 0 aromatic rings. The fourth-order valence-electron chi connectivity index (χ4n) is 1.74. The zero-order chi connectivity index (χ0) is 10.3. The van der Waals surface area contributed by atoms with Crippen molar-refractivity contribution in [1.82, 2.24) is 0 Å². The molecule has 1 N–H and O–H groups in total. The highest BCUT2D eigenvalue weighted by molar-refractivity contribution is 5.60. The molecule has 0 aromatic carbocycles. The molecule has 2 atom stereocenters. The molecule has 0 radical (unpaired) electrons. The molecule has 13 heavy (non-hydrogen) atoms. The van der Waals surface area contributed by atoms with Crippen LogP contribution in [0.3, 0.4) is 0 Å². The number of carbonyl (C=O) groups is 1. The molecule has 1 aliphatic rings. The van der Waals surface area contributed by atoms with Gasteiger partial charge in [-0.2, -0.15) is 0 Å². The van der Waals surface area contributed by atoms with Crippen molar-refractivity contribution < 1.29 is 14.8 Å². The molecular weight excluding hydrogens is 166 g/mol. The fraction of sp³-hybridized carbons (Fsp3) is 0.900. The van der Waals surface area contributed by atoms with Crippen molar-refractivity contribution in [3.8, 4) is 0 Å². The SMILES string of the molecule is CC(=O)[O-].CCC1CCC[NH+](C)C1. The lowest BCUT2D eigenvalue weighted by Gasteiger charge is -2.25. The maximum atomic E-state index is 8.89. The molecule has 3 heteroatoms. The number of piperidine rings is 1. The number of aliphatic carboxylic acids is 1. The van der Waals surface area contributed by atoms with Gasteiger partial charge in [0.2, 0.25) is 0 Å². The van der Waals surface area contributed by atoms with Gasteiger partial charge in [0.05, 0.1) is 20.1 Å². The van der Waals surface area contributed by atoms with E-state index < -0.39 is 5.97 Å². The van der Waals surface area contributed by atoms with Crippen LogP contribution in [-0.2, 0) is 4.79 Å². The third kappa shape index (κ3) is 7.78. The topological polar surface area (TPSA) is 44.6 Å². The van der Waals surface area contributed by atoms with E-state index in [1.165, 1.54) is 32.4 Å². The third-order valence-corrected chi connectivity index (χ3v) is 2.43. The molecule has 0 saturated carbocycles. The minimum atomic E-state index is -1.08. The van der Waals surface area contributed by atoms with Crippen LogP contribution in [0.1, 0.15) is 33.1 Å². The highest BCUT2D eigenvalue weighted by Gasteiger charge is 2.17. The van der Waals surface area contributed by atoms with Gasteiger partial charge in [-0.05, 0) is 26.2 Å². The Morgan fingerprint density at radius 2 is 2.15 bits per heavy atom. The van der Waals surface area contributed by atoms with Crippen LogP contribution < -0.4 is 10.0 Å². The summed E-state index contributed by atoms with van der Waals surface area (Å²) < 4.78 is 0. The largest absolute Gasteiger partial charge is 0.550 e. The van der Waals surface area contributed by atoms with Crippen molar-refractivity contribution in [2.75, 3.05) is 20.1 Å². The zero-order valence-corrected chi connectivity index (χ0v) is 8.93. The van der Waals surface area contributed by atoms with Crippen molar-refractivity contribution in [3.63, 3.8) is 0 Å². The van der Waals surface area contributed by atoms with E-state index in [2.05, 4.69) is 14.0 Å². The Hall–Kier alpha value is -0.570. The molecule has 1 heterocycles. The summed E-state index contributed by atoms with van der Waals surface area (Å²) in [6.45, 7) is 6.09. The van der Waals surface area contributed by atoms with Crippen LogP contribution in [0.5, 0.6) is 0 Å². The predicted octanol–water partition coefficient (Wildman–Crippen LogP) is -0.923. The number of likely N-dealkylation sites (tertiary alicyclic amines) is 1. The summed E-state index contributed by atoms with van der Waals surface area (Å²) in [6, 6.07) is 0. The molecule has 1 saturated heterocycles. The summed E-state index contributed by atoms with van der Waals surface area (Å²) in [5, 5.41) is 8.89. The smallest absolute Gasteiger partial charge is 0.0797 e. The first kappa shape index (κ1) is 12.4. The number of rotatable bonds is 1. The van der Waals surface area contributed by atoms with Gasteiger partial charge in [-0.25, -0.2) is 0 Å². The Labute approximate surface area is 80.7 Å². The van der Waals surface area contributed by atoms with E-state index in [1.54, 1.807) is 4.90 Å². The minimum absolute atomic E-state index is 0.972. The van der Waals surface area contributed by atoms with Crippen LogP contribution in [0, 0.1) is 5.92 Å². The summed E-state index contributed by atoms with van der Waals surface area (Å²) in [5.41, 5.74) is 0. The molecule has 1 rings (SSSR count). The van der Waals surface area contributed by atoms with Crippen LogP contribution in [0.4, 0.5) is 0 Å². The molecule has 1 aliphatic heterocycles. The van der Waals surface area contributed by atoms with Crippen LogP contribution in [-0.4, -0.2) is 26.1 Å². The van der Waals surface area contributed by atoms with E-state index in [0.717, 1.165) is 12.8 Å². The molecule has 0 bridgehead atoms. The number of carboxylic acid groups (broad SMARTS) is 1. The number of nitrogens with one attached hydrogen (secondary N) is 1. The maximum Gasteiger partial charge on any atom is 0.0797 e. The molecular formula is C10H21NO2. The summed E-state index contributed by atoms with van der Waals surface area (Å²) in [6.07, 6.45) is 4.31. The average molecular weight is 187 g/mol. The molecule has 0 amide bonds. The standard InChI is InChI=1S/C8H17N.C2H4O2/c1-3-8-5-4-6-9(2)7-8;1-2(3)4/h8H,3-7H2,1-2H3;1H3,(H,3,4). The van der Waals surface area contributed by atoms with E-state index in [9.17, 15) is 0 Å². The summed E-state index contributed by atoms with van der Waals surface area (Å²) >= 11 is 0. The van der Waals surface area contributed by atoms with E-state index in [0.29, 0.717) is 0 Å². The van der Waals surface area contributed by atoms with E-state index in [4.69, 9.17) is 9.90 Å². The molecule has 3 nitrogen and oxygen atoms in total. The van der Waals surface area contributed by atoms with Crippen molar-refractivity contribution in [1.29, 1.82) is 0 Å². The van der Waals surface area contributed by atoms with Gasteiger partial charge in [-0.1, -0.05) is 6.92 Å². The van der Waals surface area contributed by atoms with Crippen LogP contribution in [0.25, 0.3) is 0 Å². The minimum Gasteiger partial charge on any atom is -0.550 e. The lowest BCUT2D eigenvalue weighted by molar-refractivity contribution is -0.888. The van der Waals surface area contributed by atoms with Crippen LogP contribution in [0.15, 0.2) is 0 Å². The highest BCUT2D eigenvalue weighted by atomic mass is 16.4. The quantitative estimate of drug-likeness (QED) is 0.577. The molecule has 0 spiro atoms. The predicted molar refractivity (Wildman–Crippen MR) is 50.3 cm³/mol. The van der Waals surface area contributed by atoms with Crippen molar-refractivity contribution >= 4 is 5.97 Å². The number of hydrogen-bond donors (Lipinski definition) is 1. The number of carbonyl (C=O) groups excluding carboxylic acids is 1. The van der Waals surface area contributed by atoms with Crippen molar-refractivity contribution in [2.45, 2.75) is 33.1 Å². The second kappa shape index (κ2) is 6.89. The normalized spacial score (nSPS) is 27.3. The lowest BCUT2D eigenvalue weighted by atomic mass is 9.96. The lowest BCUT2D eigenvalue weighted by Crippen LogP contribution is -3.10. The molecule has 0 aromatic heterocycles. The van der Waals surface area contributed by atoms with Crippen LogP contribution in [0.2, 0.25) is 0 Å². The first-order valence-corrected chi connectivity index (χ1v) is 5.05. The molecule has 78 valence electrons. The first-order chi connectivity index (χ1) is 6.06. The Morgan fingerprint density at radius 3 is 2.46 bits per heavy atom. The third-order valence-electron chi connectivity index (χ3n) is 2.43. The zero-order valence-electron chi connectivity index (χ0n) is 8.93. The van der Waals surface area contributed by atoms with Gasteiger partial charge in [0.15, 0.2) is 0 Å². The Bertz CT molecular complexity index is 144. The second-order valence-electron chi connectivity index (χ2n) is 3.82. The first-order valence-electron chi connectivity index (χ1n) is 5.05. The number of hydrogen-bond acceptors (Lipinski definition) is 2.